The number of rotatable bonds is 4. The summed E-state index contributed by atoms with van der Waals surface area (Å²) >= 11 is 0. The lowest BCUT2D eigenvalue weighted by Crippen LogP contribution is -2.47. The molecule has 1 aliphatic heterocycles. The summed E-state index contributed by atoms with van der Waals surface area (Å²) in [6.45, 7) is 2.42. The number of benzene rings is 1. The number of furan rings is 1. The maximum atomic E-state index is 13.3. The first kappa shape index (κ1) is 17.0. The smallest absolute Gasteiger partial charge is 0.322 e. The first-order valence-corrected chi connectivity index (χ1v) is 8.18. The van der Waals surface area contributed by atoms with E-state index in [2.05, 4.69) is 10.6 Å². The highest BCUT2D eigenvalue weighted by molar-refractivity contribution is 5.94. The van der Waals surface area contributed by atoms with Gasteiger partial charge >= 0.3 is 6.03 Å². The van der Waals surface area contributed by atoms with Gasteiger partial charge in [0.2, 0.25) is 5.91 Å². The lowest BCUT2D eigenvalue weighted by atomic mass is 10.2. The van der Waals surface area contributed by atoms with Gasteiger partial charge in [-0.15, -0.1) is 0 Å². The minimum Gasteiger partial charge on any atom is -0.467 e. The second-order valence-corrected chi connectivity index (χ2v) is 6.04. The minimum atomic E-state index is -0.517. The number of nitrogens with one attached hydrogen (secondary N) is 2. The summed E-state index contributed by atoms with van der Waals surface area (Å²) in [5.74, 6) is 0.123. The molecule has 1 aliphatic rings. The number of hydrogen-bond acceptors (Lipinski definition) is 3. The third-order valence-corrected chi connectivity index (χ3v) is 4.24. The van der Waals surface area contributed by atoms with Crippen molar-refractivity contribution < 1.29 is 18.4 Å². The average Bonchev–Trinajstić information content (AvgIpc) is 3.27. The molecule has 1 fully saturated rings. The van der Waals surface area contributed by atoms with Gasteiger partial charge in [0.1, 0.15) is 17.6 Å². The van der Waals surface area contributed by atoms with Gasteiger partial charge in [-0.3, -0.25) is 4.79 Å². The summed E-state index contributed by atoms with van der Waals surface area (Å²) in [4.78, 5) is 26.4. The fourth-order valence-electron chi connectivity index (χ4n) is 2.91. The Morgan fingerprint density at radius 3 is 2.92 bits per heavy atom. The Morgan fingerprint density at radius 2 is 2.20 bits per heavy atom. The van der Waals surface area contributed by atoms with Gasteiger partial charge in [-0.25, -0.2) is 9.18 Å². The van der Waals surface area contributed by atoms with Crippen molar-refractivity contribution in [1.82, 2.24) is 10.2 Å². The molecule has 1 aromatic heterocycles. The van der Waals surface area contributed by atoms with Crippen LogP contribution in [0.1, 0.15) is 24.2 Å². The van der Waals surface area contributed by atoms with Crippen molar-refractivity contribution in [3.8, 4) is 0 Å². The highest BCUT2D eigenvalue weighted by Crippen LogP contribution is 2.20. The molecule has 2 aromatic rings. The van der Waals surface area contributed by atoms with Gasteiger partial charge in [0, 0.05) is 12.2 Å². The Balaban J connectivity index is 1.60. The maximum absolute atomic E-state index is 13.3. The van der Waals surface area contributed by atoms with Crippen LogP contribution < -0.4 is 10.6 Å². The van der Waals surface area contributed by atoms with Gasteiger partial charge in [0.25, 0.3) is 0 Å². The van der Waals surface area contributed by atoms with E-state index in [9.17, 15) is 14.0 Å². The molecule has 0 unspecified atom stereocenters. The topological polar surface area (TPSA) is 74.6 Å². The highest BCUT2D eigenvalue weighted by Gasteiger charge is 2.34. The monoisotopic (exact) mass is 345 g/mol. The number of carbonyl (C=O) groups excluding carboxylic acids is 2. The fraction of sp³-hybridized carbons (Fsp3) is 0.333. The Labute approximate surface area is 145 Å². The molecule has 3 amide bonds. The standard InChI is InChI=1S/C18H20FN3O3/c1-12-10-13(6-7-15(12)19)21-18(24)22-8-2-5-16(22)17(23)20-11-14-4-3-9-25-14/h3-4,6-7,9-10,16H,2,5,8,11H2,1H3,(H,20,23)(H,21,24)/t16-/m1/s1. The second kappa shape index (κ2) is 7.38. The summed E-state index contributed by atoms with van der Waals surface area (Å²) < 4.78 is 18.5. The predicted octanol–water partition coefficient (Wildman–Crippen LogP) is 3.04. The van der Waals surface area contributed by atoms with Gasteiger partial charge in [-0.1, -0.05) is 0 Å². The molecule has 1 aromatic carbocycles. The van der Waals surface area contributed by atoms with Gasteiger partial charge in [-0.05, 0) is 55.7 Å². The van der Waals surface area contributed by atoms with Crippen LogP contribution in [0.5, 0.6) is 0 Å². The van der Waals surface area contributed by atoms with Crippen LogP contribution in [-0.4, -0.2) is 29.4 Å². The predicted molar refractivity (Wildman–Crippen MR) is 90.4 cm³/mol. The van der Waals surface area contributed by atoms with Crippen molar-refractivity contribution in [1.29, 1.82) is 0 Å². The Hall–Kier alpha value is -2.83. The van der Waals surface area contributed by atoms with Crippen molar-refractivity contribution in [2.24, 2.45) is 0 Å². The van der Waals surface area contributed by atoms with E-state index in [0.29, 0.717) is 30.0 Å². The summed E-state index contributed by atoms with van der Waals surface area (Å²) in [7, 11) is 0. The number of anilines is 1. The van der Waals surface area contributed by atoms with E-state index in [-0.39, 0.29) is 24.3 Å². The van der Waals surface area contributed by atoms with Crippen molar-refractivity contribution >= 4 is 17.6 Å². The van der Waals surface area contributed by atoms with Crippen LogP contribution in [0, 0.1) is 12.7 Å². The molecule has 0 radical (unpaired) electrons. The normalized spacial score (nSPS) is 16.7. The maximum Gasteiger partial charge on any atom is 0.322 e. The first-order chi connectivity index (χ1) is 12.0. The zero-order valence-electron chi connectivity index (χ0n) is 13.9. The molecule has 2 heterocycles. The lowest BCUT2D eigenvalue weighted by molar-refractivity contribution is -0.124. The Kier molecular flexibility index (Phi) is 5.02. The zero-order chi connectivity index (χ0) is 17.8. The van der Waals surface area contributed by atoms with Crippen LogP contribution in [0.4, 0.5) is 14.9 Å². The zero-order valence-corrected chi connectivity index (χ0v) is 13.9. The number of urea groups is 1. The molecule has 0 spiro atoms. The number of nitrogens with zero attached hydrogens (tertiary/aromatic N) is 1. The summed E-state index contributed by atoms with van der Waals surface area (Å²) in [6, 6.07) is 7.02. The molecule has 132 valence electrons. The molecule has 3 rings (SSSR count). The van der Waals surface area contributed by atoms with E-state index in [1.165, 1.54) is 17.0 Å². The van der Waals surface area contributed by atoms with Gasteiger partial charge in [0.15, 0.2) is 0 Å². The van der Waals surface area contributed by atoms with Crippen LogP contribution in [-0.2, 0) is 11.3 Å². The number of likely N-dealkylation sites (tertiary alicyclic amines) is 1. The first-order valence-electron chi connectivity index (χ1n) is 8.18. The number of hydrogen-bond donors (Lipinski definition) is 2. The van der Waals surface area contributed by atoms with Crippen LogP contribution in [0.2, 0.25) is 0 Å². The van der Waals surface area contributed by atoms with Crippen molar-refractivity contribution in [2.45, 2.75) is 32.4 Å². The van der Waals surface area contributed by atoms with E-state index in [1.54, 1.807) is 31.4 Å². The van der Waals surface area contributed by atoms with Crippen molar-refractivity contribution in [3.63, 3.8) is 0 Å². The molecule has 0 aliphatic carbocycles. The molecule has 6 nitrogen and oxygen atoms in total. The van der Waals surface area contributed by atoms with Crippen LogP contribution in [0.25, 0.3) is 0 Å². The van der Waals surface area contributed by atoms with Gasteiger partial charge in [-0.2, -0.15) is 0 Å². The number of amides is 3. The molecule has 2 N–H and O–H groups in total. The quantitative estimate of drug-likeness (QED) is 0.894. The van der Waals surface area contributed by atoms with E-state index in [0.717, 1.165) is 6.42 Å². The Bertz CT molecular complexity index is 761. The largest absolute Gasteiger partial charge is 0.467 e. The molecule has 0 saturated carbocycles. The van der Waals surface area contributed by atoms with Gasteiger partial charge in [0.05, 0.1) is 12.8 Å². The number of aryl methyl sites for hydroxylation is 1. The van der Waals surface area contributed by atoms with Crippen LogP contribution >= 0.6 is 0 Å². The lowest BCUT2D eigenvalue weighted by Gasteiger charge is -2.24. The minimum absolute atomic E-state index is 0.209. The highest BCUT2D eigenvalue weighted by atomic mass is 19.1. The molecular weight excluding hydrogens is 325 g/mol. The van der Waals surface area contributed by atoms with E-state index >= 15 is 0 Å². The average molecular weight is 345 g/mol. The van der Waals surface area contributed by atoms with E-state index < -0.39 is 6.04 Å². The molecule has 1 saturated heterocycles. The van der Waals surface area contributed by atoms with Crippen molar-refractivity contribution in [2.75, 3.05) is 11.9 Å². The van der Waals surface area contributed by atoms with Crippen LogP contribution in [0.15, 0.2) is 41.0 Å². The SMILES string of the molecule is Cc1cc(NC(=O)N2CCC[C@@H]2C(=O)NCc2ccco2)ccc1F. The van der Waals surface area contributed by atoms with Crippen LogP contribution in [0.3, 0.4) is 0 Å². The van der Waals surface area contributed by atoms with Gasteiger partial charge < -0.3 is 20.0 Å². The summed E-state index contributed by atoms with van der Waals surface area (Å²) in [6.07, 6.45) is 2.91. The molecule has 0 bridgehead atoms. The molecule has 1 atom stereocenters. The Morgan fingerprint density at radius 1 is 1.36 bits per heavy atom. The third-order valence-electron chi connectivity index (χ3n) is 4.24. The molecule has 7 heteroatoms. The fourth-order valence-corrected chi connectivity index (χ4v) is 2.91. The summed E-state index contributed by atoms with van der Waals surface area (Å²) in [5, 5.41) is 5.52. The third kappa shape index (κ3) is 3.99. The number of carbonyl (C=O) groups is 2. The molecular formula is C18H20FN3O3. The number of halogens is 1. The summed E-state index contributed by atoms with van der Waals surface area (Å²) in [5.41, 5.74) is 0.956. The molecule has 25 heavy (non-hydrogen) atoms. The van der Waals surface area contributed by atoms with Crippen molar-refractivity contribution in [3.05, 3.63) is 53.7 Å². The van der Waals surface area contributed by atoms with E-state index in [1.807, 2.05) is 0 Å². The van der Waals surface area contributed by atoms with E-state index in [4.69, 9.17) is 4.42 Å². The second-order valence-electron chi connectivity index (χ2n) is 6.04.